The number of hydrogen-bond donors (Lipinski definition) is 1. The zero-order valence-corrected chi connectivity index (χ0v) is 16.7. The minimum atomic E-state index is -0.316. The number of anilines is 2. The molecular weight excluding hydrogens is 392 g/mol. The van der Waals surface area contributed by atoms with Crippen LogP contribution in [0.1, 0.15) is 10.4 Å². The summed E-state index contributed by atoms with van der Waals surface area (Å²) >= 11 is 6.42. The lowest BCUT2D eigenvalue weighted by Crippen LogP contribution is -2.36. The highest BCUT2D eigenvalue weighted by atomic mass is 35.5. The summed E-state index contributed by atoms with van der Waals surface area (Å²) in [5.74, 6) is 0.986. The number of pyridine rings is 1. The highest BCUT2D eigenvalue weighted by molar-refractivity contribution is 6.33. The molecule has 3 heterocycles. The molecule has 7 nitrogen and oxygen atoms in total. The summed E-state index contributed by atoms with van der Waals surface area (Å²) < 4.78 is 12.7. The van der Waals surface area contributed by atoms with Crippen molar-refractivity contribution in [3.8, 4) is 11.4 Å². The summed E-state index contributed by atoms with van der Waals surface area (Å²) in [5.41, 5.74) is 1.69. The third kappa shape index (κ3) is 4.21. The standard InChI is InChI=1S/C21H21ClN4O3/c1-28-19-13-18(25-6-2-3-7-25)17(22)12-16(19)21(27)24-15-4-5-20(23-14-15)26-8-10-29-11-9-26/h2-7,12-14H,8-11H2,1H3,(H,24,27). The van der Waals surface area contributed by atoms with Crippen molar-refractivity contribution in [2.75, 3.05) is 43.6 Å². The van der Waals surface area contributed by atoms with Gasteiger partial charge in [0, 0.05) is 31.5 Å². The molecule has 3 aromatic rings. The average molecular weight is 413 g/mol. The van der Waals surface area contributed by atoms with E-state index in [-0.39, 0.29) is 5.91 Å². The van der Waals surface area contributed by atoms with Gasteiger partial charge in [-0.1, -0.05) is 11.6 Å². The molecule has 2 aromatic heterocycles. The minimum Gasteiger partial charge on any atom is -0.496 e. The van der Waals surface area contributed by atoms with Crippen molar-refractivity contribution in [1.29, 1.82) is 0 Å². The molecule has 1 N–H and O–H groups in total. The number of benzene rings is 1. The summed E-state index contributed by atoms with van der Waals surface area (Å²) in [7, 11) is 1.53. The van der Waals surface area contributed by atoms with Crippen molar-refractivity contribution in [2.24, 2.45) is 0 Å². The van der Waals surface area contributed by atoms with E-state index in [2.05, 4.69) is 15.2 Å². The second kappa shape index (κ2) is 8.55. The molecule has 0 atom stereocenters. The topological polar surface area (TPSA) is 68.6 Å². The Morgan fingerprint density at radius 1 is 1.21 bits per heavy atom. The number of carbonyl (C=O) groups is 1. The maximum absolute atomic E-state index is 12.8. The molecule has 1 aliphatic heterocycles. The van der Waals surface area contributed by atoms with E-state index in [1.54, 1.807) is 18.3 Å². The van der Waals surface area contributed by atoms with Gasteiger partial charge in [-0.2, -0.15) is 0 Å². The van der Waals surface area contributed by atoms with Gasteiger partial charge in [0.25, 0.3) is 5.91 Å². The number of carbonyl (C=O) groups excluding carboxylic acids is 1. The number of halogens is 1. The molecule has 0 radical (unpaired) electrons. The Morgan fingerprint density at radius 2 is 1.97 bits per heavy atom. The fourth-order valence-electron chi connectivity index (χ4n) is 3.22. The van der Waals surface area contributed by atoms with Crippen molar-refractivity contribution in [2.45, 2.75) is 0 Å². The van der Waals surface area contributed by atoms with Gasteiger partial charge in [-0.15, -0.1) is 0 Å². The van der Waals surface area contributed by atoms with Gasteiger partial charge in [0.05, 0.1) is 48.5 Å². The Hall–Kier alpha value is -3.03. The zero-order valence-electron chi connectivity index (χ0n) is 16.0. The quantitative estimate of drug-likeness (QED) is 0.693. The Bertz CT molecular complexity index is 984. The molecule has 8 heteroatoms. The predicted molar refractivity (Wildman–Crippen MR) is 113 cm³/mol. The molecule has 150 valence electrons. The number of rotatable bonds is 5. The van der Waals surface area contributed by atoms with Gasteiger partial charge in [-0.25, -0.2) is 4.98 Å². The molecule has 1 aromatic carbocycles. The first-order chi connectivity index (χ1) is 14.2. The molecule has 0 unspecified atom stereocenters. The highest BCUT2D eigenvalue weighted by Crippen LogP contribution is 2.30. The van der Waals surface area contributed by atoms with Gasteiger partial charge in [0.2, 0.25) is 0 Å². The molecule has 0 saturated carbocycles. The number of nitrogens with one attached hydrogen (secondary N) is 1. The molecule has 29 heavy (non-hydrogen) atoms. The van der Waals surface area contributed by atoms with Crippen LogP contribution in [-0.4, -0.2) is 48.9 Å². The molecule has 1 aliphatic rings. The van der Waals surface area contributed by atoms with E-state index >= 15 is 0 Å². The first-order valence-electron chi connectivity index (χ1n) is 9.26. The van der Waals surface area contributed by atoms with Crippen LogP contribution in [0.5, 0.6) is 5.75 Å². The third-order valence-corrected chi connectivity index (χ3v) is 5.04. The van der Waals surface area contributed by atoms with E-state index in [1.807, 2.05) is 41.2 Å². The average Bonchev–Trinajstić information content (AvgIpc) is 3.29. The van der Waals surface area contributed by atoms with Crippen LogP contribution in [0.2, 0.25) is 5.02 Å². The fraction of sp³-hybridized carbons (Fsp3) is 0.238. The van der Waals surface area contributed by atoms with Crippen LogP contribution in [-0.2, 0) is 4.74 Å². The lowest BCUT2D eigenvalue weighted by molar-refractivity contribution is 0.102. The minimum absolute atomic E-state index is 0.316. The van der Waals surface area contributed by atoms with Crippen LogP contribution in [0.3, 0.4) is 0 Å². The first-order valence-corrected chi connectivity index (χ1v) is 9.64. The van der Waals surface area contributed by atoms with Crippen LogP contribution >= 0.6 is 11.6 Å². The summed E-state index contributed by atoms with van der Waals surface area (Å²) in [4.78, 5) is 19.4. The molecule has 1 amide bonds. The fourth-order valence-corrected chi connectivity index (χ4v) is 3.48. The monoisotopic (exact) mass is 412 g/mol. The lowest BCUT2D eigenvalue weighted by atomic mass is 10.1. The largest absolute Gasteiger partial charge is 0.496 e. The van der Waals surface area contributed by atoms with E-state index in [4.69, 9.17) is 21.1 Å². The Morgan fingerprint density at radius 3 is 2.62 bits per heavy atom. The third-order valence-electron chi connectivity index (χ3n) is 4.74. The molecule has 1 fully saturated rings. The van der Waals surface area contributed by atoms with E-state index in [0.29, 0.717) is 35.2 Å². The van der Waals surface area contributed by atoms with Crippen molar-refractivity contribution >= 4 is 29.0 Å². The van der Waals surface area contributed by atoms with Gasteiger partial charge in [-0.3, -0.25) is 4.79 Å². The van der Waals surface area contributed by atoms with Crippen LogP contribution in [0.25, 0.3) is 5.69 Å². The molecule has 1 saturated heterocycles. The van der Waals surface area contributed by atoms with Gasteiger partial charge >= 0.3 is 0 Å². The number of ether oxygens (including phenoxy) is 2. The van der Waals surface area contributed by atoms with Crippen LogP contribution in [0, 0.1) is 0 Å². The number of hydrogen-bond acceptors (Lipinski definition) is 5. The maximum Gasteiger partial charge on any atom is 0.259 e. The normalized spacial score (nSPS) is 13.9. The number of amides is 1. The van der Waals surface area contributed by atoms with Crippen LogP contribution < -0.4 is 15.0 Å². The van der Waals surface area contributed by atoms with Crippen molar-refractivity contribution in [1.82, 2.24) is 9.55 Å². The smallest absolute Gasteiger partial charge is 0.259 e. The molecular formula is C21H21ClN4O3. The van der Waals surface area contributed by atoms with Crippen molar-refractivity contribution < 1.29 is 14.3 Å². The SMILES string of the molecule is COc1cc(-n2cccc2)c(Cl)cc1C(=O)Nc1ccc(N2CCOCC2)nc1. The summed E-state index contributed by atoms with van der Waals surface area (Å²) in [5, 5.41) is 3.31. The Balaban J connectivity index is 1.52. The lowest BCUT2D eigenvalue weighted by Gasteiger charge is -2.27. The van der Waals surface area contributed by atoms with E-state index in [0.717, 1.165) is 24.6 Å². The second-order valence-corrected chi connectivity index (χ2v) is 6.96. The van der Waals surface area contributed by atoms with Gasteiger partial charge in [0.1, 0.15) is 11.6 Å². The maximum atomic E-state index is 12.8. The summed E-state index contributed by atoms with van der Waals surface area (Å²) in [6.45, 7) is 3.00. The van der Waals surface area contributed by atoms with Crippen LogP contribution in [0.4, 0.5) is 11.5 Å². The van der Waals surface area contributed by atoms with Crippen LogP contribution in [0.15, 0.2) is 55.0 Å². The van der Waals surface area contributed by atoms with Gasteiger partial charge in [-0.05, 0) is 30.3 Å². The first kappa shape index (κ1) is 19.3. The number of morpholine rings is 1. The Labute approximate surface area is 173 Å². The summed E-state index contributed by atoms with van der Waals surface area (Å²) in [6, 6.07) is 10.9. The Kier molecular flexibility index (Phi) is 5.69. The van der Waals surface area contributed by atoms with Gasteiger partial charge < -0.3 is 24.3 Å². The van der Waals surface area contributed by atoms with Gasteiger partial charge in [0.15, 0.2) is 0 Å². The number of aromatic nitrogens is 2. The molecule has 0 spiro atoms. The molecule has 4 rings (SSSR count). The number of methoxy groups -OCH3 is 1. The zero-order chi connectivity index (χ0) is 20.2. The van der Waals surface area contributed by atoms with E-state index < -0.39 is 0 Å². The molecule has 0 aliphatic carbocycles. The van der Waals surface area contributed by atoms with Crippen molar-refractivity contribution in [3.05, 3.63) is 65.6 Å². The molecule has 0 bridgehead atoms. The van der Waals surface area contributed by atoms with E-state index in [1.165, 1.54) is 7.11 Å². The highest BCUT2D eigenvalue weighted by Gasteiger charge is 2.18. The van der Waals surface area contributed by atoms with Crippen molar-refractivity contribution in [3.63, 3.8) is 0 Å². The summed E-state index contributed by atoms with van der Waals surface area (Å²) in [6.07, 6.45) is 5.40. The predicted octanol–water partition coefficient (Wildman–Crippen LogP) is 3.62. The second-order valence-electron chi connectivity index (χ2n) is 6.55. The van der Waals surface area contributed by atoms with E-state index in [9.17, 15) is 4.79 Å². The number of nitrogens with zero attached hydrogens (tertiary/aromatic N) is 3.